The van der Waals surface area contributed by atoms with Crippen molar-refractivity contribution in [2.45, 2.75) is 24.9 Å². The first-order chi connectivity index (χ1) is 17.4. The van der Waals surface area contributed by atoms with Gasteiger partial charge in [0.25, 0.3) is 5.91 Å². The van der Waals surface area contributed by atoms with Crippen molar-refractivity contribution in [2.75, 3.05) is 5.32 Å². The molecule has 0 bridgehead atoms. The third kappa shape index (κ3) is 9.96. The molecule has 0 spiro atoms. The van der Waals surface area contributed by atoms with E-state index in [0.29, 0.717) is 11.3 Å². The molecule has 9 nitrogen and oxygen atoms in total. The van der Waals surface area contributed by atoms with Crippen molar-refractivity contribution < 1.29 is 100 Å². The zero-order chi connectivity index (χ0) is 26.8. The van der Waals surface area contributed by atoms with E-state index in [1.807, 2.05) is 0 Å². The van der Waals surface area contributed by atoms with E-state index in [9.17, 15) is 36.7 Å². The van der Waals surface area contributed by atoms with E-state index in [2.05, 4.69) is 25.1 Å². The van der Waals surface area contributed by atoms with Crippen LogP contribution in [0.25, 0.3) is 0 Å². The second kappa shape index (κ2) is 13.7. The summed E-state index contributed by atoms with van der Waals surface area (Å²) in [5.74, 6) is -2.21. The predicted molar refractivity (Wildman–Crippen MR) is 120 cm³/mol. The molecule has 0 aliphatic heterocycles. The monoisotopic (exact) mass is 582 g/mol. The van der Waals surface area contributed by atoms with Crippen LogP contribution in [-0.4, -0.2) is 16.9 Å². The van der Waals surface area contributed by atoms with Crippen molar-refractivity contribution in [3.63, 3.8) is 0 Å². The average molecular weight is 582 g/mol. The van der Waals surface area contributed by atoms with Gasteiger partial charge in [-0.05, 0) is 72.9 Å². The number of nitrogens with one attached hydrogen (secondary N) is 2. The van der Waals surface area contributed by atoms with Gasteiger partial charge in [-0.1, -0.05) is 6.07 Å². The van der Waals surface area contributed by atoms with Gasteiger partial charge >= 0.3 is 65.3 Å². The number of guanidine groups is 1. The van der Waals surface area contributed by atoms with E-state index in [1.165, 1.54) is 30.3 Å². The van der Waals surface area contributed by atoms with Crippen molar-refractivity contribution in [3.05, 3.63) is 83.2 Å². The number of benzene rings is 2. The Bertz CT molecular complexity index is 1400. The maximum absolute atomic E-state index is 13.8. The fourth-order valence-electron chi connectivity index (χ4n) is 3.33. The number of aromatic nitrogens is 1. The van der Waals surface area contributed by atoms with Gasteiger partial charge in [-0.25, -0.2) is 4.39 Å². The summed E-state index contributed by atoms with van der Waals surface area (Å²) in [7, 11) is -5.40. The van der Waals surface area contributed by atoms with Crippen molar-refractivity contribution >= 4 is 31.2 Å². The molecular weight excluding hydrogens is 565 g/mol. The minimum Gasteiger partial charge on any atom is -0.780 e. The van der Waals surface area contributed by atoms with Crippen LogP contribution in [0.5, 0.6) is 5.88 Å². The van der Waals surface area contributed by atoms with Crippen LogP contribution in [0.1, 0.15) is 40.2 Å². The molecule has 1 aromatic heterocycles. The van der Waals surface area contributed by atoms with Crippen LogP contribution in [0.4, 0.5) is 29.1 Å². The summed E-state index contributed by atoms with van der Waals surface area (Å²) < 4.78 is 67.5. The van der Waals surface area contributed by atoms with E-state index < -0.39 is 37.2 Å². The van der Waals surface area contributed by atoms with E-state index >= 15 is 0 Å². The largest absolute Gasteiger partial charge is 1.00 e. The normalized spacial score (nSPS) is 13.5. The number of nitrogens with zero attached hydrogens (tertiary/aromatic N) is 2. The molecule has 3 aromatic rings. The Labute approximate surface area is 264 Å². The maximum Gasteiger partial charge on any atom is 1.00 e. The van der Waals surface area contributed by atoms with E-state index in [4.69, 9.17) is 0 Å². The molecule has 2 N–H and O–H groups in total. The number of halogens is 4. The quantitative estimate of drug-likeness (QED) is 0.111. The number of carbonyl (C=O) groups is 1. The number of pyridine rings is 1. The topological polar surface area (TPSA) is 139 Å². The number of phosphoric acid groups is 1. The summed E-state index contributed by atoms with van der Waals surface area (Å²) in [6.07, 6.45) is -2.93. The van der Waals surface area contributed by atoms with Crippen LogP contribution in [0.2, 0.25) is 0 Å². The third-order valence-electron chi connectivity index (χ3n) is 5.13. The van der Waals surface area contributed by atoms with Crippen molar-refractivity contribution in [1.82, 2.24) is 10.3 Å². The van der Waals surface area contributed by atoms with Crippen molar-refractivity contribution in [1.29, 1.82) is 0 Å². The Hall–Kier alpha value is -1.80. The number of rotatable bonds is 6. The molecule has 0 unspecified atom stereocenters. The van der Waals surface area contributed by atoms with Crippen molar-refractivity contribution in [3.8, 4) is 5.88 Å². The molecule has 0 saturated heterocycles. The fraction of sp³-hybridized carbons (Fsp3) is 0.174. The first kappa shape index (κ1) is 33.4. The SMILES string of the molecule is O=C(NC(=Nc1cccc(OP(=O)([O-])[O-])n1)Nc1ccc(F)cc1C1CC1)c1ccc(C(F)(F)F)cc1.[Na+].[Na+]. The molecule has 1 aliphatic rings. The van der Waals surface area contributed by atoms with Crippen LogP contribution in [0, 0.1) is 5.82 Å². The molecule has 1 aliphatic carbocycles. The molecule has 194 valence electrons. The van der Waals surface area contributed by atoms with Crippen LogP contribution >= 0.6 is 7.82 Å². The molecule has 1 heterocycles. The Morgan fingerprint density at radius 3 is 2.31 bits per heavy atom. The van der Waals surface area contributed by atoms with Gasteiger partial charge in [-0.2, -0.15) is 23.1 Å². The summed E-state index contributed by atoms with van der Waals surface area (Å²) >= 11 is 0. The second-order valence-electron chi connectivity index (χ2n) is 7.99. The number of alkyl halides is 3. The number of phosphoric ester groups is 1. The number of hydrogen-bond donors (Lipinski definition) is 2. The van der Waals surface area contributed by atoms with Gasteiger partial charge in [0.05, 0.1) is 5.56 Å². The molecule has 2 aromatic carbocycles. The van der Waals surface area contributed by atoms with Gasteiger partial charge < -0.3 is 24.2 Å². The fourth-order valence-corrected chi connectivity index (χ4v) is 3.66. The van der Waals surface area contributed by atoms with Crippen molar-refractivity contribution in [2.24, 2.45) is 4.99 Å². The zero-order valence-electron chi connectivity index (χ0n) is 20.7. The Morgan fingerprint density at radius 1 is 1.05 bits per heavy atom. The number of carbonyl (C=O) groups excluding carboxylic acids is 1. The van der Waals surface area contributed by atoms with Gasteiger partial charge in [0.15, 0.2) is 5.82 Å². The number of hydrogen-bond acceptors (Lipinski definition) is 7. The van der Waals surface area contributed by atoms with E-state index in [0.717, 1.165) is 43.2 Å². The summed E-state index contributed by atoms with van der Waals surface area (Å²) in [5, 5.41) is 5.28. The molecule has 1 saturated carbocycles. The molecule has 0 radical (unpaired) electrons. The Morgan fingerprint density at radius 2 is 1.72 bits per heavy atom. The molecule has 1 fully saturated rings. The van der Waals surface area contributed by atoms with Crippen LogP contribution in [-0.2, 0) is 10.7 Å². The first-order valence-electron chi connectivity index (χ1n) is 10.7. The standard InChI is InChI=1S/C23H19F4N4O5P.2Na/c24-16-10-11-18(17(12-16)13-4-5-13)28-22(30-19-2-1-3-20(29-19)36-37(33,34)35)31-21(32)14-6-8-15(9-7-14)23(25,26)27;;/h1-3,6-13H,4-5H2,(H2,33,34,35)(H2,28,29,30,31,32);;/q;2*+1/p-2. The van der Waals surface area contributed by atoms with Gasteiger partial charge in [0, 0.05) is 17.3 Å². The summed E-state index contributed by atoms with van der Waals surface area (Å²) in [6, 6.07) is 11.1. The number of anilines is 1. The Balaban J connectivity index is 0.00000267. The van der Waals surface area contributed by atoms with Crippen LogP contribution < -0.4 is 84.1 Å². The molecule has 1 amide bonds. The van der Waals surface area contributed by atoms with Gasteiger partial charge in [0.2, 0.25) is 11.8 Å². The maximum atomic E-state index is 13.8. The first-order valence-corrected chi connectivity index (χ1v) is 12.2. The van der Waals surface area contributed by atoms with E-state index in [-0.39, 0.29) is 82.4 Å². The molecule has 16 heteroatoms. The van der Waals surface area contributed by atoms with Gasteiger partial charge in [-0.3, -0.25) is 10.1 Å². The second-order valence-corrected chi connectivity index (χ2v) is 9.07. The predicted octanol–water partition coefficient (Wildman–Crippen LogP) is -2.14. The minimum absolute atomic E-state index is 0. The smallest absolute Gasteiger partial charge is 0.780 e. The van der Waals surface area contributed by atoms with Crippen LogP contribution in [0.3, 0.4) is 0 Å². The summed E-state index contributed by atoms with van der Waals surface area (Å²) in [4.78, 5) is 42.5. The minimum atomic E-state index is -5.40. The third-order valence-corrected chi connectivity index (χ3v) is 5.54. The molecule has 39 heavy (non-hydrogen) atoms. The molecule has 4 rings (SSSR count). The number of amides is 1. The summed E-state index contributed by atoms with van der Waals surface area (Å²) in [6.45, 7) is 0. The number of aliphatic imine (C=N–C) groups is 1. The Kier molecular flexibility index (Phi) is 11.7. The molecular formula is C23H17F4N4Na2O5P. The van der Waals surface area contributed by atoms with Gasteiger partial charge in [0.1, 0.15) is 13.6 Å². The summed E-state index contributed by atoms with van der Waals surface area (Å²) in [5.41, 5.74) is -0.0224. The average Bonchev–Trinajstić information content (AvgIpc) is 3.64. The molecule has 0 atom stereocenters. The van der Waals surface area contributed by atoms with Gasteiger partial charge in [-0.15, -0.1) is 0 Å². The van der Waals surface area contributed by atoms with Crippen LogP contribution in [0.15, 0.2) is 65.7 Å². The van der Waals surface area contributed by atoms with E-state index in [1.54, 1.807) is 0 Å². The zero-order valence-corrected chi connectivity index (χ0v) is 25.6.